The highest BCUT2D eigenvalue weighted by Crippen LogP contribution is 2.20. The lowest BCUT2D eigenvalue weighted by Gasteiger charge is -2.32. The van der Waals surface area contributed by atoms with E-state index in [1.807, 2.05) is 4.90 Å². The zero-order valence-corrected chi connectivity index (χ0v) is 11.9. The molecular formula is C14H26N2O3. The normalized spacial score (nSPS) is 19.2. The minimum Gasteiger partial charge on any atom is -0.481 e. The van der Waals surface area contributed by atoms with Crippen molar-refractivity contribution in [3.05, 3.63) is 0 Å². The van der Waals surface area contributed by atoms with Crippen molar-refractivity contribution in [2.45, 2.75) is 51.9 Å². The van der Waals surface area contributed by atoms with E-state index < -0.39 is 5.97 Å². The minimum atomic E-state index is -0.749. The molecule has 5 heteroatoms. The van der Waals surface area contributed by atoms with Gasteiger partial charge in [0.1, 0.15) is 0 Å². The Hall–Kier alpha value is -1.26. The van der Waals surface area contributed by atoms with Crippen LogP contribution in [0.2, 0.25) is 0 Å². The van der Waals surface area contributed by atoms with Crippen LogP contribution in [-0.4, -0.2) is 41.6 Å². The van der Waals surface area contributed by atoms with Gasteiger partial charge < -0.3 is 15.3 Å². The summed E-state index contributed by atoms with van der Waals surface area (Å²) < 4.78 is 0. The van der Waals surface area contributed by atoms with Crippen molar-refractivity contribution >= 4 is 12.0 Å². The summed E-state index contributed by atoms with van der Waals surface area (Å²) in [5.41, 5.74) is 0. The standard InChI is InChI=1S/C14H26N2O3/c1-2-3-4-9-15-14(19)16-10-5-6-12(11-16)7-8-13(17)18/h12H,2-11H2,1H3,(H,15,19)(H,17,18). The van der Waals surface area contributed by atoms with E-state index in [1.165, 1.54) is 0 Å². The van der Waals surface area contributed by atoms with E-state index in [0.717, 1.165) is 45.2 Å². The van der Waals surface area contributed by atoms with E-state index in [0.29, 0.717) is 18.9 Å². The smallest absolute Gasteiger partial charge is 0.317 e. The molecule has 19 heavy (non-hydrogen) atoms. The lowest BCUT2D eigenvalue weighted by Crippen LogP contribution is -2.45. The first kappa shape index (κ1) is 15.8. The third kappa shape index (κ3) is 6.45. The number of nitrogens with zero attached hydrogens (tertiary/aromatic N) is 1. The molecule has 0 spiro atoms. The van der Waals surface area contributed by atoms with Crippen LogP contribution in [0.15, 0.2) is 0 Å². The number of rotatable bonds is 7. The molecule has 2 N–H and O–H groups in total. The largest absolute Gasteiger partial charge is 0.481 e. The molecule has 1 unspecified atom stereocenters. The molecule has 1 rings (SSSR count). The van der Waals surface area contributed by atoms with Crippen LogP contribution in [0.4, 0.5) is 4.79 Å². The van der Waals surface area contributed by atoms with Gasteiger partial charge in [-0.2, -0.15) is 0 Å². The fourth-order valence-corrected chi connectivity index (χ4v) is 2.49. The zero-order chi connectivity index (χ0) is 14.1. The van der Waals surface area contributed by atoms with Crippen LogP contribution in [0, 0.1) is 5.92 Å². The highest BCUT2D eigenvalue weighted by Gasteiger charge is 2.23. The second kappa shape index (κ2) is 8.77. The summed E-state index contributed by atoms with van der Waals surface area (Å²) in [6.07, 6.45) is 6.21. The predicted molar refractivity (Wildman–Crippen MR) is 74.1 cm³/mol. The summed E-state index contributed by atoms with van der Waals surface area (Å²) in [6.45, 7) is 4.37. The molecule has 1 aliphatic rings. The Labute approximate surface area is 115 Å². The number of hydrogen-bond acceptors (Lipinski definition) is 2. The summed E-state index contributed by atoms with van der Waals surface area (Å²) in [7, 11) is 0. The minimum absolute atomic E-state index is 0.0103. The van der Waals surface area contributed by atoms with E-state index in [4.69, 9.17) is 5.11 Å². The van der Waals surface area contributed by atoms with E-state index in [2.05, 4.69) is 12.2 Å². The average Bonchev–Trinajstić information content (AvgIpc) is 2.41. The highest BCUT2D eigenvalue weighted by molar-refractivity contribution is 5.74. The topological polar surface area (TPSA) is 69.6 Å². The molecule has 1 heterocycles. The van der Waals surface area contributed by atoms with Crippen LogP contribution in [0.5, 0.6) is 0 Å². The SMILES string of the molecule is CCCCCNC(=O)N1CCCC(CCC(=O)O)C1. The molecule has 1 atom stereocenters. The lowest BCUT2D eigenvalue weighted by molar-refractivity contribution is -0.137. The van der Waals surface area contributed by atoms with Crippen LogP contribution in [-0.2, 0) is 4.79 Å². The molecule has 0 radical (unpaired) electrons. The van der Waals surface area contributed by atoms with Gasteiger partial charge in [0.2, 0.25) is 0 Å². The van der Waals surface area contributed by atoms with E-state index in [1.54, 1.807) is 0 Å². The van der Waals surface area contributed by atoms with Crippen molar-refractivity contribution in [3.63, 3.8) is 0 Å². The number of likely N-dealkylation sites (tertiary alicyclic amines) is 1. The molecule has 1 aliphatic heterocycles. The molecule has 0 aromatic rings. The number of carbonyl (C=O) groups is 2. The molecule has 0 saturated carbocycles. The first-order valence-corrected chi connectivity index (χ1v) is 7.38. The molecule has 0 bridgehead atoms. The molecule has 0 aliphatic carbocycles. The quantitative estimate of drug-likeness (QED) is 0.698. The lowest BCUT2D eigenvalue weighted by atomic mass is 9.93. The van der Waals surface area contributed by atoms with Gasteiger partial charge in [0, 0.05) is 26.1 Å². The first-order chi connectivity index (χ1) is 9.13. The van der Waals surface area contributed by atoms with Crippen molar-refractivity contribution in [2.24, 2.45) is 5.92 Å². The fraction of sp³-hybridized carbons (Fsp3) is 0.857. The predicted octanol–water partition coefficient (Wildman–Crippen LogP) is 2.46. The maximum absolute atomic E-state index is 11.9. The highest BCUT2D eigenvalue weighted by atomic mass is 16.4. The number of amides is 2. The Kier molecular flexibility index (Phi) is 7.30. The van der Waals surface area contributed by atoms with Crippen LogP contribution >= 0.6 is 0 Å². The molecule has 1 saturated heterocycles. The van der Waals surface area contributed by atoms with Gasteiger partial charge in [0.05, 0.1) is 0 Å². The Morgan fingerprint density at radius 1 is 1.37 bits per heavy atom. The van der Waals surface area contributed by atoms with Crippen LogP contribution in [0.1, 0.15) is 51.9 Å². The number of piperidine rings is 1. The third-order valence-electron chi connectivity index (χ3n) is 3.63. The first-order valence-electron chi connectivity index (χ1n) is 7.38. The van der Waals surface area contributed by atoms with Gasteiger partial charge in [0.25, 0.3) is 0 Å². The second-order valence-corrected chi connectivity index (χ2v) is 5.33. The van der Waals surface area contributed by atoms with Crippen LogP contribution in [0.25, 0.3) is 0 Å². The maximum Gasteiger partial charge on any atom is 0.317 e. The number of hydrogen-bond donors (Lipinski definition) is 2. The number of carbonyl (C=O) groups excluding carboxylic acids is 1. The number of nitrogens with one attached hydrogen (secondary N) is 1. The summed E-state index contributed by atoms with van der Waals surface area (Å²) in [4.78, 5) is 24.3. The summed E-state index contributed by atoms with van der Waals surface area (Å²) in [5, 5.41) is 11.6. The number of carboxylic acids is 1. The van der Waals surface area contributed by atoms with E-state index >= 15 is 0 Å². The zero-order valence-electron chi connectivity index (χ0n) is 11.9. The number of aliphatic carboxylic acids is 1. The fourth-order valence-electron chi connectivity index (χ4n) is 2.49. The van der Waals surface area contributed by atoms with Gasteiger partial charge >= 0.3 is 12.0 Å². The van der Waals surface area contributed by atoms with E-state index in [-0.39, 0.29) is 12.5 Å². The third-order valence-corrected chi connectivity index (χ3v) is 3.63. The molecular weight excluding hydrogens is 244 g/mol. The van der Waals surface area contributed by atoms with Crippen LogP contribution in [0.3, 0.4) is 0 Å². The average molecular weight is 270 g/mol. The van der Waals surface area contributed by atoms with Crippen molar-refractivity contribution < 1.29 is 14.7 Å². The van der Waals surface area contributed by atoms with Crippen molar-refractivity contribution in [2.75, 3.05) is 19.6 Å². The van der Waals surface area contributed by atoms with Gasteiger partial charge in [-0.15, -0.1) is 0 Å². The molecule has 110 valence electrons. The van der Waals surface area contributed by atoms with Crippen molar-refractivity contribution in [1.82, 2.24) is 10.2 Å². The maximum atomic E-state index is 11.9. The summed E-state index contributed by atoms with van der Waals surface area (Å²) in [5.74, 6) is -0.410. The van der Waals surface area contributed by atoms with Gasteiger partial charge in [-0.25, -0.2) is 4.79 Å². The van der Waals surface area contributed by atoms with E-state index in [9.17, 15) is 9.59 Å². The summed E-state index contributed by atoms with van der Waals surface area (Å²) >= 11 is 0. The van der Waals surface area contributed by atoms with Crippen molar-refractivity contribution in [1.29, 1.82) is 0 Å². The number of urea groups is 1. The molecule has 1 fully saturated rings. The summed E-state index contributed by atoms with van der Waals surface area (Å²) in [6, 6.07) is 0.0103. The van der Waals surface area contributed by atoms with Gasteiger partial charge in [-0.1, -0.05) is 19.8 Å². The van der Waals surface area contributed by atoms with Gasteiger partial charge in [-0.3, -0.25) is 4.79 Å². The van der Waals surface area contributed by atoms with Crippen molar-refractivity contribution in [3.8, 4) is 0 Å². The Morgan fingerprint density at radius 3 is 2.84 bits per heavy atom. The molecule has 0 aromatic heterocycles. The Morgan fingerprint density at radius 2 is 2.16 bits per heavy atom. The second-order valence-electron chi connectivity index (χ2n) is 5.33. The van der Waals surface area contributed by atoms with Gasteiger partial charge in [0.15, 0.2) is 0 Å². The number of carboxylic acid groups (broad SMARTS) is 1. The number of unbranched alkanes of at least 4 members (excludes halogenated alkanes) is 2. The molecule has 5 nitrogen and oxygen atoms in total. The Bertz CT molecular complexity index is 294. The van der Waals surface area contributed by atoms with Gasteiger partial charge in [-0.05, 0) is 31.6 Å². The van der Waals surface area contributed by atoms with Crippen LogP contribution < -0.4 is 5.32 Å². The molecule has 0 aromatic carbocycles. The Balaban J connectivity index is 2.24. The monoisotopic (exact) mass is 270 g/mol. The molecule has 2 amide bonds.